The van der Waals surface area contributed by atoms with E-state index in [0.717, 1.165) is 13.1 Å². The van der Waals surface area contributed by atoms with Crippen molar-refractivity contribution in [3.8, 4) is 0 Å². The molecule has 1 aliphatic heterocycles. The van der Waals surface area contributed by atoms with E-state index in [1.54, 1.807) is 18.2 Å². The van der Waals surface area contributed by atoms with Gasteiger partial charge < -0.3 is 5.11 Å². The molecule has 1 unspecified atom stereocenters. The Morgan fingerprint density at radius 3 is 2.58 bits per heavy atom. The average molecular weight is 265 g/mol. The highest BCUT2D eigenvalue weighted by atomic mass is 19.1. The van der Waals surface area contributed by atoms with Gasteiger partial charge in [-0.15, -0.1) is 0 Å². The second-order valence-electron chi connectivity index (χ2n) is 5.73. The molecule has 1 saturated heterocycles. The molecule has 0 saturated carbocycles. The van der Waals surface area contributed by atoms with Gasteiger partial charge in [0.1, 0.15) is 5.82 Å². The van der Waals surface area contributed by atoms with Crippen molar-refractivity contribution < 1.29 is 9.50 Å². The van der Waals surface area contributed by atoms with E-state index in [9.17, 15) is 9.50 Å². The maximum absolute atomic E-state index is 13.6. The minimum atomic E-state index is -0.731. The van der Waals surface area contributed by atoms with Crippen LogP contribution in [0.4, 0.5) is 4.39 Å². The molecule has 0 radical (unpaired) electrons. The van der Waals surface area contributed by atoms with Crippen LogP contribution in [-0.4, -0.2) is 29.6 Å². The van der Waals surface area contributed by atoms with Gasteiger partial charge in [-0.05, 0) is 37.3 Å². The van der Waals surface area contributed by atoms with Crippen molar-refractivity contribution in [1.29, 1.82) is 0 Å². The lowest BCUT2D eigenvalue weighted by Gasteiger charge is -2.27. The smallest absolute Gasteiger partial charge is 0.129 e. The predicted molar refractivity (Wildman–Crippen MR) is 75.4 cm³/mol. The number of aliphatic hydroxyl groups is 1. The molecule has 2 rings (SSSR count). The van der Waals surface area contributed by atoms with E-state index in [4.69, 9.17) is 0 Å². The summed E-state index contributed by atoms with van der Waals surface area (Å²) in [5, 5.41) is 10.2. The maximum Gasteiger partial charge on any atom is 0.129 e. The molecule has 0 aromatic heterocycles. The van der Waals surface area contributed by atoms with Crippen molar-refractivity contribution in [2.75, 3.05) is 19.6 Å². The van der Waals surface area contributed by atoms with Crippen LogP contribution in [0.1, 0.15) is 44.8 Å². The topological polar surface area (TPSA) is 23.5 Å². The average Bonchev–Trinajstić information content (AvgIpc) is 2.83. The monoisotopic (exact) mass is 265 g/mol. The Balaban J connectivity index is 1.98. The van der Waals surface area contributed by atoms with Crippen molar-refractivity contribution in [2.24, 2.45) is 5.41 Å². The number of β-amino-alcohol motifs (C(OH)–C–C–N with tert-alkyl or cyclic N) is 1. The predicted octanol–water partition coefficient (Wildman–Crippen LogP) is 3.37. The lowest BCUT2D eigenvalue weighted by molar-refractivity contribution is 0.114. The van der Waals surface area contributed by atoms with Gasteiger partial charge in [0.15, 0.2) is 0 Å². The number of hydrogen-bond acceptors (Lipinski definition) is 2. The van der Waals surface area contributed by atoms with Crippen LogP contribution in [0, 0.1) is 11.2 Å². The first kappa shape index (κ1) is 14.5. The number of hydrogen-bond donors (Lipinski definition) is 1. The summed E-state index contributed by atoms with van der Waals surface area (Å²) >= 11 is 0. The van der Waals surface area contributed by atoms with Crippen LogP contribution in [0.25, 0.3) is 0 Å². The summed E-state index contributed by atoms with van der Waals surface area (Å²) in [5.74, 6) is -0.313. The van der Waals surface area contributed by atoms with Crippen LogP contribution in [0.2, 0.25) is 0 Å². The molecule has 2 nitrogen and oxygen atoms in total. The fraction of sp³-hybridized carbons (Fsp3) is 0.625. The third-order valence-corrected chi connectivity index (χ3v) is 4.71. The number of benzene rings is 1. The summed E-state index contributed by atoms with van der Waals surface area (Å²) < 4.78 is 13.6. The standard InChI is InChI=1S/C16H24FNO/c1-3-16(4-2)9-10-18(12-16)11-15(19)13-7-5-6-8-14(13)17/h5-8,15,19H,3-4,9-12H2,1-2H3. The fourth-order valence-corrected chi connectivity index (χ4v) is 3.10. The molecule has 1 atom stereocenters. The van der Waals surface area contributed by atoms with Crippen LogP contribution in [0.3, 0.4) is 0 Å². The first-order chi connectivity index (χ1) is 9.10. The van der Waals surface area contributed by atoms with Crippen LogP contribution >= 0.6 is 0 Å². The Labute approximate surface area is 115 Å². The maximum atomic E-state index is 13.6. The fourth-order valence-electron chi connectivity index (χ4n) is 3.10. The minimum Gasteiger partial charge on any atom is -0.387 e. The van der Waals surface area contributed by atoms with Crippen molar-refractivity contribution in [3.05, 3.63) is 35.6 Å². The van der Waals surface area contributed by atoms with E-state index in [-0.39, 0.29) is 5.82 Å². The third kappa shape index (κ3) is 3.15. The summed E-state index contributed by atoms with van der Waals surface area (Å²) in [6.07, 6.45) is 2.81. The summed E-state index contributed by atoms with van der Waals surface area (Å²) in [4.78, 5) is 2.27. The number of likely N-dealkylation sites (tertiary alicyclic amines) is 1. The number of halogens is 1. The van der Waals surface area contributed by atoms with E-state index in [1.807, 2.05) is 0 Å². The van der Waals surface area contributed by atoms with Gasteiger partial charge >= 0.3 is 0 Å². The normalized spacial score (nSPS) is 20.6. The molecule has 0 spiro atoms. The van der Waals surface area contributed by atoms with Gasteiger partial charge in [0, 0.05) is 18.7 Å². The van der Waals surface area contributed by atoms with E-state index in [0.29, 0.717) is 17.5 Å². The Morgan fingerprint density at radius 1 is 1.32 bits per heavy atom. The Kier molecular flexibility index (Phi) is 4.58. The van der Waals surface area contributed by atoms with Crippen molar-refractivity contribution in [1.82, 2.24) is 4.90 Å². The second-order valence-corrected chi connectivity index (χ2v) is 5.73. The van der Waals surface area contributed by atoms with Crippen molar-refractivity contribution >= 4 is 0 Å². The SMILES string of the molecule is CCC1(CC)CCN(CC(O)c2ccccc2F)C1. The molecule has 0 bridgehead atoms. The van der Waals surface area contributed by atoms with Gasteiger partial charge in [0.05, 0.1) is 6.10 Å². The first-order valence-corrected chi connectivity index (χ1v) is 7.25. The number of rotatable bonds is 5. The zero-order valence-corrected chi connectivity index (χ0v) is 11.9. The highest BCUT2D eigenvalue weighted by Crippen LogP contribution is 2.37. The highest BCUT2D eigenvalue weighted by Gasteiger charge is 2.35. The molecule has 1 aromatic rings. The van der Waals surface area contributed by atoms with Crippen LogP contribution in [0.15, 0.2) is 24.3 Å². The second kappa shape index (κ2) is 6.02. The third-order valence-electron chi connectivity index (χ3n) is 4.71. The van der Waals surface area contributed by atoms with Gasteiger partial charge in [-0.3, -0.25) is 4.90 Å². The molecule has 1 N–H and O–H groups in total. The zero-order chi connectivity index (χ0) is 13.9. The van der Waals surface area contributed by atoms with E-state index in [1.165, 1.54) is 25.3 Å². The first-order valence-electron chi connectivity index (χ1n) is 7.25. The van der Waals surface area contributed by atoms with Crippen molar-refractivity contribution in [3.63, 3.8) is 0 Å². The summed E-state index contributed by atoms with van der Waals surface area (Å²) in [7, 11) is 0. The molecule has 1 aromatic carbocycles. The molecular weight excluding hydrogens is 241 g/mol. The summed E-state index contributed by atoms with van der Waals surface area (Å²) in [5.41, 5.74) is 0.808. The summed E-state index contributed by atoms with van der Waals surface area (Å²) in [6.45, 7) is 7.03. The molecule has 1 heterocycles. The van der Waals surface area contributed by atoms with Gasteiger partial charge in [0.2, 0.25) is 0 Å². The van der Waals surface area contributed by atoms with Gasteiger partial charge in [-0.2, -0.15) is 0 Å². The lowest BCUT2D eigenvalue weighted by atomic mass is 9.82. The largest absolute Gasteiger partial charge is 0.387 e. The van der Waals surface area contributed by atoms with Crippen LogP contribution in [-0.2, 0) is 0 Å². The van der Waals surface area contributed by atoms with E-state index >= 15 is 0 Å². The molecule has 19 heavy (non-hydrogen) atoms. The molecule has 106 valence electrons. The molecule has 0 amide bonds. The van der Waals surface area contributed by atoms with E-state index in [2.05, 4.69) is 18.7 Å². The number of nitrogens with zero attached hydrogens (tertiary/aromatic N) is 1. The molecule has 1 fully saturated rings. The van der Waals surface area contributed by atoms with Crippen molar-refractivity contribution in [2.45, 2.75) is 39.2 Å². The molecule has 0 aliphatic carbocycles. The Hall–Kier alpha value is -0.930. The minimum absolute atomic E-state index is 0.313. The van der Waals surface area contributed by atoms with Gasteiger partial charge in [-0.25, -0.2) is 4.39 Å². The quantitative estimate of drug-likeness (QED) is 0.882. The molecule has 1 aliphatic rings. The van der Waals surface area contributed by atoms with Gasteiger partial charge in [-0.1, -0.05) is 32.0 Å². The zero-order valence-electron chi connectivity index (χ0n) is 11.9. The Bertz CT molecular complexity index is 417. The van der Waals surface area contributed by atoms with Gasteiger partial charge in [0.25, 0.3) is 0 Å². The molecular formula is C16H24FNO. The van der Waals surface area contributed by atoms with Crippen LogP contribution in [0.5, 0.6) is 0 Å². The lowest BCUT2D eigenvalue weighted by Crippen LogP contribution is -2.30. The number of aliphatic hydroxyl groups excluding tert-OH is 1. The Morgan fingerprint density at radius 2 is 2.00 bits per heavy atom. The van der Waals surface area contributed by atoms with E-state index < -0.39 is 6.10 Å². The van der Waals surface area contributed by atoms with Crippen LogP contribution < -0.4 is 0 Å². The molecule has 3 heteroatoms. The highest BCUT2D eigenvalue weighted by molar-refractivity contribution is 5.20. The summed E-state index contributed by atoms with van der Waals surface area (Å²) in [6, 6.07) is 6.50.